The van der Waals surface area contributed by atoms with Gasteiger partial charge >= 0.3 is 6.01 Å². The quantitative estimate of drug-likeness (QED) is 0.936. The van der Waals surface area contributed by atoms with Gasteiger partial charge in [-0.15, -0.1) is 11.3 Å². The minimum atomic E-state index is -0.804. The number of aliphatic hydroxyl groups excluding tert-OH is 1. The van der Waals surface area contributed by atoms with Gasteiger partial charge in [-0.25, -0.2) is 15.0 Å². The average molecular weight is 302 g/mol. The Morgan fingerprint density at radius 2 is 2.12 bits per heavy atom. The fourth-order valence-corrected chi connectivity index (χ4v) is 2.38. The van der Waals surface area contributed by atoms with Crippen molar-refractivity contribution in [2.75, 3.05) is 7.11 Å². The van der Waals surface area contributed by atoms with Crippen molar-refractivity contribution in [3.63, 3.8) is 0 Å². The Hall–Kier alpha value is -1.05. The van der Waals surface area contributed by atoms with Gasteiger partial charge in [-0.2, -0.15) is 0 Å². The molecule has 2 aromatic heterocycles. The first-order chi connectivity index (χ1) is 7.70. The zero-order valence-corrected chi connectivity index (χ0v) is 10.7. The second kappa shape index (κ2) is 4.86. The molecule has 2 heterocycles. The van der Waals surface area contributed by atoms with E-state index in [2.05, 4.69) is 30.9 Å². The maximum atomic E-state index is 9.98. The van der Waals surface area contributed by atoms with Crippen molar-refractivity contribution in [2.24, 2.45) is 0 Å². The van der Waals surface area contributed by atoms with Crippen molar-refractivity contribution in [3.05, 3.63) is 32.9 Å². The largest absolute Gasteiger partial charge is 0.467 e. The molecule has 0 saturated heterocycles. The molecule has 1 N–H and O–H groups in total. The van der Waals surface area contributed by atoms with Crippen molar-refractivity contribution in [1.82, 2.24) is 15.0 Å². The predicted octanol–water partition coefficient (Wildman–Crippen LogP) is 1.79. The van der Waals surface area contributed by atoms with Crippen LogP contribution in [0.2, 0.25) is 0 Å². The molecule has 1 atom stereocenters. The third kappa shape index (κ3) is 2.37. The van der Waals surface area contributed by atoms with Crippen LogP contribution in [-0.2, 0) is 0 Å². The van der Waals surface area contributed by atoms with Gasteiger partial charge in [-0.1, -0.05) is 0 Å². The zero-order chi connectivity index (χ0) is 11.5. The molecule has 2 aromatic rings. The van der Waals surface area contributed by atoms with Crippen LogP contribution in [0.5, 0.6) is 6.01 Å². The van der Waals surface area contributed by atoms with E-state index in [0.29, 0.717) is 15.2 Å². The predicted molar refractivity (Wildman–Crippen MR) is 62.5 cm³/mol. The topological polar surface area (TPSA) is 68.1 Å². The lowest BCUT2D eigenvalue weighted by atomic mass is 10.2. The summed E-state index contributed by atoms with van der Waals surface area (Å²) in [5.41, 5.74) is 0.586. The molecule has 1 unspecified atom stereocenters. The number of halogens is 1. The summed E-state index contributed by atoms with van der Waals surface area (Å²) >= 11 is 4.60. The van der Waals surface area contributed by atoms with Crippen LogP contribution in [-0.4, -0.2) is 27.2 Å². The van der Waals surface area contributed by atoms with Crippen LogP contribution in [0.15, 0.2) is 22.4 Å². The molecule has 0 aromatic carbocycles. The second-order valence-corrected chi connectivity index (χ2v) is 4.62. The lowest BCUT2D eigenvalue weighted by Gasteiger charge is -2.06. The highest BCUT2D eigenvalue weighted by Gasteiger charge is 2.15. The SMILES string of the molecule is COc1ncc(C(O)c2nc(Br)cs2)cn1. The number of methoxy groups -OCH3 is 1. The Morgan fingerprint density at radius 3 is 2.62 bits per heavy atom. The Morgan fingerprint density at radius 1 is 1.44 bits per heavy atom. The Bertz CT molecular complexity index is 474. The molecule has 0 saturated carbocycles. The van der Waals surface area contributed by atoms with Gasteiger partial charge in [-0.05, 0) is 15.9 Å². The maximum Gasteiger partial charge on any atom is 0.316 e. The highest BCUT2D eigenvalue weighted by Crippen LogP contribution is 2.26. The summed E-state index contributed by atoms with van der Waals surface area (Å²) in [5, 5.41) is 12.4. The summed E-state index contributed by atoms with van der Waals surface area (Å²) < 4.78 is 5.54. The summed E-state index contributed by atoms with van der Waals surface area (Å²) in [6, 6.07) is 0.274. The first-order valence-electron chi connectivity index (χ1n) is 4.35. The van der Waals surface area contributed by atoms with E-state index in [1.54, 1.807) is 0 Å². The molecule has 0 amide bonds. The molecule has 7 heteroatoms. The maximum absolute atomic E-state index is 9.98. The summed E-state index contributed by atoms with van der Waals surface area (Å²) in [6.07, 6.45) is 2.24. The van der Waals surface area contributed by atoms with E-state index in [1.807, 2.05) is 5.38 Å². The van der Waals surface area contributed by atoms with Crippen molar-refractivity contribution in [2.45, 2.75) is 6.10 Å². The number of aliphatic hydroxyl groups is 1. The van der Waals surface area contributed by atoms with Crippen LogP contribution in [0, 0.1) is 0 Å². The van der Waals surface area contributed by atoms with E-state index in [1.165, 1.54) is 30.8 Å². The summed E-state index contributed by atoms with van der Waals surface area (Å²) in [7, 11) is 1.49. The van der Waals surface area contributed by atoms with E-state index in [9.17, 15) is 5.11 Å². The van der Waals surface area contributed by atoms with Crippen molar-refractivity contribution >= 4 is 27.3 Å². The highest BCUT2D eigenvalue weighted by atomic mass is 79.9. The minimum Gasteiger partial charge on any atom is -0.467 e. The molecule has 0 spiro atoms. The third-order valence-electron chi connectivity index (χ3n) is 1.87. The monoisotopic (exact) mass is 301 g/mol. The molecule has 0 aliphatic carbocycles. The molecule has 84 valence electrons. The standard InChI is InChI=1S/C9H8BrN3O2S/c1-15-9-11-2-5(3-12-9)7(14)8-13-6(10)4-16-8/h2-4,7,14H,1H3. The number of hydrogen-bond acceptors (Lipinski definition) is 6. The smallest absolute Gasteiger partial charge is 0.316 e. The van der Waals surface area contributed by atoms with Crippen molar-refractivity contribution < 1.29 is 9.84 Å². The fraction of sp³-hybridized carbons (Fsp3) is 0.222. The van der Waals surface area contributed by atoms with Crippen molar-refractivity contribution in [3.8, 4) is 6.01 Å². The molecule has 0 radical (unpaired) electrons. The van der Waals surface area contributed by atoms with Crippen molar-refractivity contribution in [1.29, 1.82) is 0 Å². The van der Waals surface area contributed by atoms with Gasteiger partial charge in [0.05, 0.1) is 7.11 Å². The van der Waals surface area contributed by atoms with Crippen LogP contribution in [0.3, 0.4) is 0 Å². The summed E-state index contributed by atoms with van der Waals surface area (Å²) in [6.45, 7) is 0. The molecule has 2 rings (SSSR count). The lowest BCUT2D eigenvalue weighted by Crippen LogP contribution is -2.01. The fourth-order valence-electron chi connectivity index (χ4n) is 1.11. The first-order valence-corrected chi connectivity index (χ1v) is 6.03. The number of rotatable bonds is 3. The van der Waals surface area contributed by atoms with Gasteiger partial charge < -0.3 is 9.84 Å². The number of aromatic nitrogens is 3. The normalized spacial score (nSPS) is 12.4. The second-order valence-electron chi connectivity index (χ2n) is 2.91. The van der Waals surface area contributed by atoms with Gasteiger partial charge in [-0.3, -0.25) is 0 Å². The van der Waals surface area contributed by atoms with Crippen LogP contribution < -0.4 is 4.74 Å². The molecular weight excluding hydrogens is 294 g/mol. The number of thiazole rings is 1. The summed E-state index contributed by atoms with van der Waals surface area (Å²) in [5.74, 6) is 0. The van der Waals surface area contributed by atoms with Crippen LogP contribution >= 0.6 is 27.3 Å². The van der Waals surface area contributed by atoms with Gasteiger partial charge in [0, 0.05) is 23.3 Å². The van der Waals surface area contributed by atoms with Gasteiger partial charge in [0.25, 0.3) is 0 Å². The molecule has 5 nitrogen and oxygen atoms in total. The Balaban J connectivity index is 2.23. The number of ether oxygens (including phenoxy) is 1. The van der Waals surface area contributed by atoms with E-state index in [4.69, 9.17) is 4.74 Å². The Labute approximate surface area is 104 Å². The Kier molecular flexibility index (Phi) is 3.47. The molecule has 0 aliphatic heterocycles. The van der Waals surface area contributed by atoms with E-state index in [-0.39, 0.29) is 6.01 Å². The van der Waals surface area contributed by atoms with Crippen LogP contribution in [0.1, 0.15) is 16.7 Å². The van der Waals surface area contributed by atoms with E-state index >= 15 is 0 Å². The molecule has 0 fully saturated rings. The van der Waals surface area contributed by atoms with E-state index in [0.717, 1.165) is 0 Å². The van der Waals surface area contributed by atoms with Crippen LogP contribution in [0.4, 0.5) is 0 Å². The number of hydrogen-bond donors (Lipinski definition) is 1. The third-order valence-corrected chi connectivity index (χ3v) is 3.48. The van der Waals surface area contributed by atoms with Crippen LogP contribution in [0.25, 0.3) is 0 Å². The van der Waals surface area contributed by atoms with Gasteiger partial charge in [0.15, 0.2) is 0 Å². The average Bonchev–Trinajstić information content (AvgIpc) is 2.75. The minimum absolute atomic E-state index is 0.274. The summed E-state index contributed by atoms with van der Waals surface area (Å²) in [4.78, 5) is 12.0. The molecule has 0 bridgehead atoms. The van der Waals surface area contributed by atoms with Gasteiger partial charge in [0.1, 0.15) is 15.7 Å². The number of nitrogens with zero attached hydrogens (tertiary/aromatic N) is 3. The van der Waals surface area contributed by atoms with E-state index < -0.39 is 6.10 Å². The van der Waals surface area contributed by atoms with Gasteiger partial charge in [0.2, 0.25) is 0 Å². The molecule has 16 heavy (non-hydrogen) atoms. The molecule has 0 aliphatic rings. The lowest BCUT2D eigenvalue weighted by molar-refractivity contribution is 0.218. The molecular formula is C9H8BrN3O2S. The first kappa shape index (κ1) is 11.4. The highest BCUT2D eigenvalue weighted by molar-refractivity contribution is 9.10. The zero-order valence-electron chi connectivity index (χ0n) is 8.29.